The van der Waals surface area contributed by atoms with Crippen molar-refractivity contribution in [1.29, 1.82) is 5.26 Å². The fraction of sp³-hybridized carbons (Fsp3) is 0.667. The molecule has 2 rings (SSSR count). The van der Waals surface area contributed by atoms with E-state index >= 15 is 0 Å². The number of anilines is 2. The SMILES string of the molecule is CCN(C)c1nn(C2(C)CCS(=O)(=O)C2)c(N)c1C#N. The summed E-state index contributed by atoms with van der Waals surface area (Å²) < 4.78 is 25.0. The molecule has 1 atom stereocenters. The summed E-state index contributed by atoms with van der Waals surface area (Å²) in [5, 5.41) is 13.7. The summed E-state index contributed by atoms with van der Waals surface area (Å²) in [6, 6.07) is 2.06. The molecule has 20 heavy (non-hydrogen) atoms. The average Bonchev–Trinajstić information content (AvgIpc) is 2.86. The second-order valence-corrected chi connectivity index (χ2v) is 7.64. The van der Waals surface area contributed by atoms with E-state index in [-0.39, 0.29) is 17.3 Å². The van der Waals surface area contributed by atoms with Crippen LogP contribution in [0.1, 0.15) is 25.8 Å². The molecule has 0 aromatic carbocycles. The lowest BCUT2D eigenvalue weighted by atomic mass is 10.0. The first-order valence-electron chi connectivity index (χ1n) is 6.45. The Balaban J connectivity index is 2.55. The molecule has 110 valence electrons. The number of sulfone groups is 1. The molecule has 1 saturated heterocycles. The van der Waals surface area contributed by atoms with E-state index in [1.807, 2.05) is 25.8 Å². The third kappa shape index (κ3) is 2.22. The van der Waals surface area contributed by atoms with Crippen molar-refractivity contribution in [3.8, 4) is 6.07 Å². The molecule has 8 heteroatoms. The molecule has 2 N–H and O–H groups in total. The van der Waals surface area contributed by atoms with E-state index in [1.54, 1.807) is 0 Å². The Labute approximate surface area is 118 Å². The Hall–Kier alpha value is -1.75. The van der Waals surface area contributed by atoms with Gasteiger partial charge < -0.3 is 10.6 Å². The molecule has 0 radical (unpaired) electrons. The van der Waals surface area contributed by atoms with Gasteiger partial charge in [-0.25, -0.2) is 13.1 Å². The van der Waals surface area contributed by atoms with Gasteiger partial charge in [-0.15, -0.1) is 0 Å². The smallest absolute Gasteiger partial charge is 0.170 e. The third-order valence-corrected chi connectivity index (χ3v) is 5.73. The minimum absolute atomic E-state index is 0.00598. The molecule has 0 saturated carbocycles. The van der Waals surface area contributed by atoms with Crippen LogP contribution < -0.4 is 10.6 Å². The van der Waals surface area contributed by atoms with E-state index in [4.69, 9.17) is 5.73 Å². The first-order chi connectivity index (χ1) is 9.24. The Bertz CT molecular complexity index is 673. The predicted octanol–water partition coefficient (Wildman–Crippen LogP) is 0.327. The van der Waals surface area contributed by atoms with Gasteiger partial charge in [-0.05, 0) is 20.3 Å². The maximum Gasteiger partial charge on any atom is 0.170 e. The zero-order chi connectivity index (χ0) is 15.1. The van der Waals surface area contributed by atoms with Crippen molar-refractivity contribution < 1.29 is 8.42 Å². The summed E-state index contributed by atoms with van der Waals surface area (Å²) in [6.07, 6.45) is 0.460. The zero-order valence-corrected chi connectivity index (χ0v) is 12.7. The van der Waals surface area contributed by atoms with Crippen molar-refractivity contribution in [1.82, 2.24) is 9.78 Å². The van der Waals surface area contributed by atoms with Gasteiger partial charge in [0.2, 0.25) is 0 Å². The largest absolute Gasteiger partial charge is 0.383 e. The number of nitrogens with zero attached hydrogens (tertiary/aromatic N) is 4. The minimum Gasteiger partial charge on any atom is -0.383 e. The molecular formula is C12H19N5O2S. The molecule has 0 aliphatic carbocycles. The van der Waals surface area contributed by atoms with Crippen LogP contribution in [0.4, 0.5) is 11.6 Å². The van der Waals surface area contributed by atoms with E-state index in [0.29, 0.717) is 24.3 Å². The van der Waals surface area contributed by atoms with Crippen molar-refractivity contribution in [3.63, 3.8) is 0 Å². The summed E-state index contributed by atoms with van der Waals surface area (Å²) in [6.45, 7) is 4.44. The van der Waals surface area contributed by atoms with Crippen molar-refractivity contribution in [2.24, 2.45) is 0 Å². The summed E-state index contributed by atoms with van der Waals surface area (Å²) in [5.74, 6) is 0.871. The molecule has 1 fully saturated rings. The lowest BCUT2D eigenvalue weighted by Crippen LogP contribution is -2.33. The highest BCUT2D eigenvalue weighted by molar-refractivity contribution is 7.91. The average molecular weight is 297 g/mol. The quantitative estimate of drug-likeness (QED) is 0.861. The Kier molecular flexibility index (Phi) is 3.42. The van der Waals surface area contributed by atoms with Gasteiger partial charge in [0.1, 0.15) is 17.5 Å². The highest BCUT2D eigenvalue weighted by atomic mass is 32.2. The first kappa shape index (κ1) is 14.7. The van der Waals surface area contributed by atoms with Crippen LogP contribution in [0.5, 0.6) is 0 Å². The van der Waals surface area contributed by atoms with Gasteiger partial charge in [0.15, 0.2) is 15.7 Å². The van der Waals surface area contributed by atoms with E-state index < -0.39 is 15.4 Å². The van der Waals surface area contributed by atoms with Crippen LogP contribution in [0.3, 0.4) is 0 Å². The van der Waals surface area contributed by atoms with Gasteiger partial charge in [0.05, 0.1) is 17.0 Å². The molecule has 1 aromatic rings. The van der Waals surface area contributed by atoms with Gasteiger partial charge in [-0.2, -0.15) is 10.4 Å². The van der Waals surface area contributed by atoms with Crippen molar-refractivity contribution in [3.05, 3.63) is 5.56 Å². The topological polar surface area (TPSA) is 105 Å². The third-order valence-electron chi connectivity index (χ3n) is 3.84. The minimum atomic E-state index is -3.07. The van der Waals surface area contributed by atoms with E-state index in [0.717, 1.165) is 0 Å². The van der Waals surface area contributed by atoms with Crippen LogP contribution in [0.25, 0.3) is 0 Å². The Morgan fingerprint density at radius 2 is 2.25 bits per heavy atom. The van der Waals surface area contributed by atoms with E-state index in [1.165, 1.54) is 4.68 Å². The Morgan fingerprint density at radius 3 is 2.70 bits per heavy atom. The molecular weight excluding hydrogens is 278 g/mol. The van der Waals surface area contributed by atoms with Crippen molar-refractivity contribution in [2.75, 3.05) is 35.7 Å². The number of hydrogen-bond donors (Lipinski definition) is 1. The van der Waals surface area contributed by atoms with Crippen molar-refractivity contribution in [2.45, 2.75) is 25.8 Å². The summed E-state index contributed by atoms with van der Waals surface area (Å²) in [7, 11) is -1.25. The van der Waals surface area contributed by atoms with Crippen LogP contribution in [0.15, 0.2) is 0 Å². The molecule has 1 unspecified atom stereocenters. The molecule has 1 aliphatic heterocycles. The first-order valence-corrected chi connectivity index (χ1v) is 8.27. The molecule has 2 heterocycles. The van der Waals surface area contributed by atoms with Crippen LogP contribution in [0.2, 0.25) is 0 Å². The summed E-state index contributed by atoms with van der Waals surface area (Å²) in [4.78, 5) is 1.82. The number of nitriles is 1. The molecule has 0 amide bonds. The van der Waals surface area contributed by atoms with Gasteiger partial charge in [0, 0.05) is 13.6 Å². The highest BCUT2D eigenvalue weighted by Crippen LogP contribution is 2.35. The summed E-state index contributed by atoms with van der Waals surface area (Å²) >= 11 is 0. The maximum absolute atomic E-state index is 11.7. The van der Waals surface area contributed by atoms with Gasteiger partial charge in [-0.1, -0.05) is 0 Å². The molecule has 1 aliphatic rings. The van der Waals surface area contributed by atoms with Crippen LogP contribution in [-0.4, -0.2) is 43.3 Å². The number of nitrogens with two attached hydrogens (primary N) is 1. The van der Waals surface area contributed by atoms with Crippen LogP contribution >= 0.6 is 0 Å². The lowest BCUT2D eigenvalue weighted by Gasteiger charge is -2.24. The van der Waals surface area contributed by atoms with Gasteiger partial charge in [0.25, 0.3) is 0 Å². The highest BCUT2D eigenvalue weighted by Gasteiger charge is 2.42. The van der Waals surface area contributed by atoms with Crippen LogP contribution in [0, 0.1) is 11.3 Å². The van der Waals surface area contributed by atoms with Crippen LogP contribution in [-0.2, 0) is 15.4 Å². The second kappa shape index (κ2) is 4.66. The summed E-state index contributed by atoms with van der Waals surface area (Å²) in [5.41, 5.74) is 5.64. The molecule has 0 spiro atoms. The fourth-order valence-electron chi connectivity index (χ4n) is 2.52. The van der Waals surface area contributed by atoms with Crippen molar-refractivity contribution >= 4 is 21.5 Å². The van der Waals surface area contributed by atoms with E-state index in [9.17, 15) is 13.7 Å². The molecule has 7 nitrogen and oxygen atoms in total. The standard InChI is InChI=1S/C12H19N5O2S/c1-4-16(3)11-9(7-13)10(14)17(15-11)12(2)5-6-20(18,19)8-12/h4-6,8,14H2,1-3H3. The number of nitrogen functional groups attached to an aromatic ring is 1. The Morgan fingerprint density at radius 1 is 1.60 bits per heavy atom. The normalized spacial score (nSPS) is 24.5. The van der Waals surface area contributed by atoms with Gasteiger partial charge >= 0.3 is 0 Å². The zero-order valence-electron chi connectivity index (χ0n) is 11.9. The molecule has 0 bridgehead atoms. The van der Waals surface area contributed by atoms with Gasteiger partial charge in [-0.3, -0.25) is 0 Å². The second-order valence-electron chi connectivity index (χ2n) is 5.46. The molecule has 1 aromatic heterocycles. The monoisotopic (exact) mass is 297 g/mol. The predicted molar refractivity (Wildman–Crippen MR) is 77.2 cm³/mol. The lowest BCUT2D eigenvalue weighted by molar-refractivity contribution is 0.334. The fourth-order valence-corrected chi connectivity index (χ4v) is 4.62. The number of hydrogen-bond acceptors (Lipinski definition) is 6. The van der Waals surface area contributed by atoms with E-state index in [2.05, 4.69) is 11.2 Å². The maximum atomic E-state index is 11.7. The number of rotatable bonds is 3. The number of aromatic nitrogens is 2.